The molecule has 18 heavy (non-hydrogen) atoms. The van der Waals surface area contributed by atoms with Crippen LogP contribution in [0.1, 0.15) is 5.56 Å². The standard InChI is InChI=1S/C11H11N5O2/c1-8-4-2-3-5-9(8)14-10(17)11(18)15-16-6-12-13-7-16/h2-7H,1H3,(H,14,17)(H,15,18). The SMILES string of the molecule is Cc1ccccc1NC(=O)C(=O)Nn1cnnc1. The van der Waals surface area contributed by atoms with Gasteiger partial charge in [-0.3, -0.25) is 15.0 Å². The van der Waals surface area contributed by atoms with E-state index in [-0.39, 0.29) is 0 Å². The van der Waals surface area contributed by atoms with E-state index in [9.17, 15) is 9.59 Å². The van der Waals surface area contributed by atoms with Crippen molar-refractivity contribution in [3.63, 3.8) is 0 Å². The van der Waals surface area contributed by atoms with Crippen LogP contribution in [-0.4, -0.2) is 26.7 Å². The van der Waals surface area contributed by atoms with E-state index >= 15 is 0 Å². The van der Waals surface area contributed by atoms with E-state index in [1.165, 1.54) is 17.3 Å². The van der Waals surface area contributed by atoms with E-state index in [1.54, 1.807) is 12.1 Å². The molecule has 7 heteroatoms. The fourth-order valence-electron chi connectivity index (χ4n) is 1.32. The molecular weight excluding hydrogens is 234 g/mol. The average Bonchev–Trinajstić information content (AvgIpc) is 2.84. The highest BCUT2D eigenvalue weighted by Crippen LogP contribution is 2.12. The zero-order valence-corrected chi connectivity index (χ0v) is 9.62. The van der Waals surface area contributed by atoms with Gasteiger partial charge in [0.1, 0.15) is 12.7 Å². The number of nitrogens with zero attached hydrogens (tertiary/aromatic N) is 3. The Morgan fingerprint density at radius 2 is 1.78 bits per heavy atom. The number of aromatic nitrogens is 3. The van der Waals surface area contributed by atoms with Crippen LogP contribution < -0.4 is 10.7 Å². The Balaban J connectivity index is 2.00. The van der Waals surface area contributed by atoms with Crippen LogP contribution in [0.25, 0.3) is 0 Å². The lowest BCUT2D eigenvalue weighted by Gasteiger charge is -2.08. The molecule has 0 aliphatic carbocycles. The molecule has 2 rings (SSSR count). The van der Waals surface area contributed by atoms with Crippen molar-refractivity contribution in [1.82, 2.24) is 14.9 Å². The lowest BCUT2D eigenvalue weighted by Crippen LogP contribution is -2.33. The number of carbonyl (C=O) groups is 2. The number of anilines is 1. The Morgan fingerprint density at radius 1 is 1.11 bits per heavy atom. The minimum Gasteiger partial charge on any atom is -0.317 e. The first kappa shape index (κ1) is 11.8. The second-order valence-corrected chi connectivity index (χ2v) is 3.58. The summed E-state index contributed by atoms with van der Waals surface area (Å²) in [5.41, 5.74) is 3.78. The van der Waals surface area contributed by atoms with Crippen molar-refractivity contribution in [3.05, 3.63) is 42.5 Å². The first-order valence-corrected chi connectivity index (χ1v) is 5.19. The number of carbonyl (C=O) groups excluding carboxylic acids is 2. The zero-order chi connectivity index (χ0) is 13.0. The third-order valence-corrected chi connectivity index (χ3v) is 2.25. The number of nitrogens with one attached hydrogen (secondary N) is 2. The van der Waals surface area contributed by atoms with Gasteiger partial charge >= 0.3 is 11.8 Å². The smallest absolute Gasteiger partial charge is 0.317 e. The summed E-state index contributed by atoms with van der Waals surface area (Å²) in [6, 6.07) is 7.19. The molecule has 0 saturated heterocycles. The molecule has 0 aliphatic rings. The van der Waals surface area contributed by atoms with E-state index in [2.05, 4.69) is 20.9 Å². The van der Waals surface area contributed by atoms with Gasteiger partial charge in [-0.15, -0.1) is 10.2 Å². The Morgan fingerprint density at radius 3 is 2.44 bits per heavy atom. The maximum atomic E-state index is 11.6. The van der Waals surface area contributed by atoms with E-state index in [0.29, 0.717) is 5.69 Å². The average molecular weight is 245 g/mol. The van der Waals surface area contributed by atoms with Gasteiger partial charge in [-0.05, 0) is 18.6 Å². The number of hydrogen-bond acceptors (Lipinski definition) is 4. The zero-order valence-electron chi connectivity index (χ0n) is 9.62. The van der Waals surface area contributed by atoms with Crippen molar-refractivity contribution in [2.75, 3.05) is 10.7 Å². The molecule has 1 aromatic heterocycles. The number of amides is 2. The topological polar surface area (TPSA) is 88.9 Å². The van der Waals surface area contributed by atoms with Crippen molar-refractivity contribution in [2.24, 2.45) is 0 Å². The van der Waals surface area contributed by atoms with E-state index < -0.39 is 11.8 Å². The highest BCUT2D eigenvalue weighted by molar-refractivity contribution is 6.42. The summed E-state index contributed by atoms with van der Waals surface area (Å²) in [5, 5.41) is 9.52. The van der Waals surface area contributed by atoms with Crippen LogP contribution in [0.4, 0.5) is 5.69 Å². The van der Waals surface area contributed by atoms with Crippen LogP contribution in [0.3, 0.4) is 0 Å². The van der Waals surface area contributed by atoms with Crippen LogP contribution in [0.5, 0.6) is 0 Å². The molecular formula is C11H11N5O2. The molecule has 2 amide bonds. The van der Waals surface area contributed by atoms with Crippen molar-refractivity contribution >= 4 is 17.5 Å². The molecule has 0 fully saturated rings. The summed E-state index contributed by atoms with van der Waals surface area (Å²) in [4.78, 5) is 23.1. The first-order chi connectivity index (χ1) is 8.66. The number of rotatable bonds is 2. The molecule has 2 N–H and O–H groups in total. The Labute approximate surface area is 103 Å². The summed E-state index contributed by atoms with van der Waals surface area (Å²) in [6.45, 7) is 1.84. The largest absolute Gasteiger partial charge is 0.328 e. The van der Waals surface area contributed by atoms with E-state index in [1.807, 2.05) is 19.1 Å². The third kappa shape index (κ3) is 2.70. The first-order valence-electron chi connectivity index (χ1n) is 5.19. The van der Waals surface area contributed by atoms with Gasteiger partial charge in [0.15, 0.2) is 0 Å². The van der Waals surface area contributed by atoms with Gasteiger partial charge in [0.25, 0.3) is 0 Å². The Hall–Kier alpha value is -2.70. The fraction of sp³-hybridized carbons (Fsp3) is 0.0909. The summed E-state index contributed by atoms with van der Waals surface area (Å²) < 4.78 is 1.19. The van der Waals surface area contributed by atoms with Gasteiger partial charge in [-0.1, -0.05) is 18.2 Å². The monoisotopic (exact) mass is 245 g/mol. The molecule has 2 aromatic rings. The van der Waals surface area contributed by atoms with Gasteiger partial charge in [-0.25, -0.2) is 4.68 Å². The molecule has 0 radical (unpaired) electrons. The second-order valence-electron chi connectivity index (χ2n) is 3.58. The van der Waals surface area contributed by atoms with E-state index in [4.69, 9.17) is 0 Å². The number of hydrogen-bond donors (Lipinski definition) is 2. The minimum atomic E-state index is -0.793. The van der Waals surface area contributed by atoms with Gasteiger partial charge in [-0.2, -0.15) is 0 Å². The highest BCUT2D eigenvalue weighted by Gasteiger charge is 2.14. The summed E-state index contributed by atoms with van der Waals surface area (Å²) in [5.74, 6) is -1.55. The fourth-order valence-corrected chi connectivity index (χ4v) is 1.32. The lowest BCUT2D eigenvalue weighted by molar-refractivity contribution is -0.133. The van der Waals surface area contributed by atoms with Crippen molar-refractivity contribution < 1.29 is 9.59 Å². The summed E-state index contributed by atoms with van der Waals surface area (Å²) >= 11 is 0. The number of benzene rings is 1. The molecule has 1 heterocycles. The van der Waals surface area contributed by atoms with Crippen LogP contribution >= 0.6 is 0 Å². The van der Waals surface area contributed by atoms with Gasteiger partial charge in [0.05, 0.1) is 0 Å². The van der Waals surface area contributed by atoms with Crippen molar-refractivity contribution in [1.29, 1.82) is 0 Å². The highest BCUT2D eigenvalue weighted by atomic mass is 16.2. The quantitative estimate of drug-likeness (QED) is 0.744. The van der Waals surface area contributed by atoms with Gasteiger partial charge in [0.2, 0.25) is 0 Å². The molecule has 7 nitrogen and oxygen atoms in total. The Kier molecular flexibility index (Phi) is 3.33. The minimum absolute atomic E-state index is 0.599. The molecule has 0 atom stereocenters. The van der Waals surface area contributed by atoms with Crippen LogP contribution in [0.15, 0.2) is 36.9 Å². The molecule has 92 valence electrons. The maximum Gasteiger partial charge on any atom is 0.328 e. The second kappa shape index (κ2) is 5.09. The molecule has 0 saturated carbocycles. The summed E-state index contributed by atoms with van der Waals surface area (Å²) in [7, 11) is 0. The van der Waals surface area contributed by atoms with Gasteiger partial charge in [0, 0.05) is 5.69 Å². The van der Waals surface area contributed by atoms with Crippen LogP contribution in [0, 0.1) is 6.92 Å². The van der Waals surface area contributed by atoms with E-state index in [0.717, 1.165) is 5.56 Å². The lowest BCUT2D eigenvalue weighted by atomic mass is 10.2. The Bertz CT molecular complexity index is 565. The normalized spacial score (nSPS) is 9.83. The number of para-hydroxylation sites is 1. The predicted octanol–water partition coefficient (Wildman–Crippen LogP) is 0.295. The number of aryl methyl sites for hydroxylation is 1. The van der Waals surface area contributed by atoms with Crippen molar-refractivity contribution in [3.8, 4) is 0 Å². The molecule has 0 aliphatic heterocycles. The molecule has 0 bridgehead atoms. The molecule has 0 unspecified atom stereocenters. The predicted molar refractivity (Wildman–Crippen MR) is 64.2 cm³/mol. The molecule has 1 aromatic carbocycles. The maximum absolute atomic E-state index is 11.6. The van der Waals surface area contributed by atoms with Crippen LogP contribution in [0.2, 0.25) is 0 Å². The third-order valence-electron chi connectivity index (χ3n) is 2.25. The molecule has 0 spiro atoms. The summed E-state index contributed by atoms with van der Waals surface area (Å²) in [6.07, 6.45) is 2.55. The van der Waals surface area contributed by atoms with Crippen molar-refractivity contribution in [2.45, 2.75) is 6.92 Å². The van der Waals surface area contributed by atoms with Crippen LogP contribution in [-0.2, 0) is 9.59 Å². The van der Waals surface area contributed by atoms with Gasteiger partial charge < -0.3 is 5.32 Å².